The van der Waals surface area contributed by atoms with Crippen molar-refractivity contribution < 1.29 is 0 Å². The molecule has 6 heteroatoms. The van der Waals surface area contributed by atoms with Crippen LogP contribution in [0.15, 0.2) is 34.2 Å². The van der Waals surface area contributed by atoms with Crippen LogP contribution >= 0.6 is 27.3 Å². The molecule has 3 rings (SSSR count). The average Bonchev–Trinajstić information content (AvgIpc) is 2.96. The highest BCUT2D eigenvalue weighted by atomic mass is 79.9. The van der Waals surface area contributed by atoms with E-state index in [4.69, 9.17) is 5.73 Å². The van der Waals surface area contributed by atoms with Crippen LogP contribution in [0.1, 0.15) is 0 Å². The minimum Gasteiger partial charge on any atom is -0.397 e. The Hall–Kier alpha value is -1.27. The van der Waals surface area contributed by atoms with Crippen molar-refractivity contribution in [3.8, 4) is 0 Å². The van der Waals surface area contributed by atoms with E-state index in [2.05, 4.69) is 36.8 Å². The predicted octanol–water partition coefficient (Wildman–Crippen LogP) is 2.81. The fourth-order valence-corrected chi connectivity index (χ4v) is 3.35. The summed E-state index contributed by atoms with van der Waals surface area (Å²) < 4.78 is 1.07. The Morgan fingerprint density at radius 2 is 1.89 bits per heavy atom. The Bertz CT molecular complexity index is 550. The van der Waals surface area contributed by atoms with E-state index in [1.54, 1.807) is 11.3 Å². The number of thiazole rings is 1. The molecular weight excluding hydrogens is 324 g/mol. The maximum atomic E-state index is 6.06. The topological polar surface area (TPSA) is 45.4 Å². The number of rotatable bonds is 2. The molecule has 0 amide bonds. The first-order valence-electron chi connectivity index (χ1n) is 6.18. The summed E-state index contributed by atoms with van der Waals surface area (Å²) in [5, 5.41) is 3.13. The molecular formula is C13H15BrN4S. The number of halogens is 1. The molecule has 1 saturated heterocycles. The molecule has 19 heavy (non-hydrogen) atoms. The smallest absolute Gasteiger partial charge is 0.185 e. The lowest BCUT2D eigenvalue weighted by atomic mass is 10.2. The summed E-state index contributed by atoms with van der Waals surface area (Å²) in [6.07, 6.45) is 1.86. The van der Waals surface area contributed by atoms with Crippen molar-refractivity contribution in [1.29, 1.82) is 0 Å². The SMILES string of the molecule is Nc1ccc(Br)cc1N1CCN(c2nccs2)CC1. The van der Waals surface area contributed by atoms with E-state index >= 15 is 0 Å². The van der Waals surface area contributed by atoms with Crippen molar-refractivity contribution in [1.82, 2.24) is 4.98 Å². The van der Waals surface area contributed by atoms with Gasteiger partial charge in [-0.15, -0.1) is 11.3 Å². The van der Waals surface area contributed by atoms with Crippen molar-refractivity contribution in [3.05, 3.63) is 34.2 Å². The van der Waals surface area contributed by atoms with Gasteiger partial charge in [0.1, 0.15) is 0 Å². The van der Waals surface area contributed by atoms with Crippen LogP contribution in [0.5, 0.6) is 0 Å². The Morgan fingerprint density at radius 1 is 1.16 bits per heavy atom. The highest BCUT2D eigenvalue weighted by Gasteiger charge is 2.20. The number of anilines is 3. The first kappa shape index (κ1) is 12.7. The molecule has 1 aliphatic rings. The molecule has 0 bridgehead atoms. The third kappa shape index (κ3) is 2.69. The van der Waals surface area contributed by atoms with Gasteiger partial charge < -0.3 is 15.5 Å². The Morgan fingerprint density at radius 3 is 2.58 bits per heavy atom. The zero-order chi connectivity index (χ0) is 13.2. The lowest BCUT2D eigenvalue weighted by Crippen LogP contribution is -2.46. The second kappa shape index (κ2) is 5.38. The van der Waals surface area contributed by atoms with Crippen LogP contribution < -0.4 is 15.5 Å². The normalized spacial score (nSPS) is 15.8. The maximum Gasteiger partial charge on any atom is 0.185 e. The van der Waals surface area contributed by atoms with Crippen LogP contribution in [0.4, 0.5) is 16.5 Å². The number of nitrogen functional groups attached to an aromatic ring is 1. The Kier molecular flexibility index (Phi) is 3.61. The van der Waals surface area contributed by atoms with Gasteiger partial charge in [-0.3, -0.25) is 0 Å². The lowest BCUT2D eigenvalue weighted by molar-refractivity contribution is 0.652. The van der Waals surface area contributed by atoms with Gasteiger partial charge >= 0.3 is 0 Å². The van der Waals surface area contributed by atoms with Gasteiger partial charge in [-0.2, -0.15) is 0 Å². The highest BCUT2D eigenvalue weighted by Crippen LogP contribution is 2.29. The Balaban J connectivity index is 1.71. The van der Waals surface area contributed by atoms with Gasteiger partial charge in [0.15, 0.2) is 5.13 Å². The fraction of sp³-hybridized carbons (Fsp3) is 0.308. The highest BCUT2D eigenvalue weighted by molar-refractivity contribution is 9.10. The minimum atomic E-state index is 0.839. The molecule has 2 heterocycles. The number of hydrogen-bond acceptors (Lipinski definition) is 5. The lowest BCUT2D eigenvalue weighted by Gasteiger charge is -2.36. The quantitative estimate of drug-likeness (QED) is 0.855. The van der Waals surface area contributed by atoms with Gasteiger partial charge in [-0.25, -0.2) is 4.98 Å². The van der Waals surface area contributed by atoms with Gasteiger partial charge in [0.25, 0.3) is 0 Å². The number of piperazine rings is 1. The first-order chi connectivity index (χ1) is 9.24. The zero-order valence-electron chi connectivity index (χ0n) is 10.4. The van der Waals surface area contributed by atoms with Gasteiger partial charge in [-0.05, 0) is 18.2 Å². The summed E-state index contributed by atoms with van der Waals surface area (Å²) in [5.41, 5.74) is 8.02. The van der Waals surface area contributed by atoms with E-state index in [-0.39, 0.29) is 0 Å². The van der Waals surface area contributed by atoms with Gasteiger partial charge in [0.2, 0.25) is 0 Å². The van der Waals surface area contributed by atoms with E-state index < -0.39 is 0 Å². The average molecular weight is 339 g/mol. The first-order valence-corrected chi connectivity index (χ1v) is 7.86. The van der Waals surface area contributed by atoms with E-state index in [1.807, 2.05) is 23.7 Å². The molecule has 2 N–H and O–H groups in total. The predicted molar refractivity (Wildman–Crippen MR) is 85.1 cm³/mol. The van der Waals surface area contributed by atoms with Crippen molar-refractivity contribution >= 4 is 43.8 Å². The van der Waals surface area contributed by atoms with Crippen molar-refractivity contribution in [2.75, 3.05) is 41.7 Å². The van der Waals surface area contributed by atoms with Gasteiger partial charge in [0.05, 0.1) is 11.4 Å². The zero-order valence-corrected chi connectivity index (χ0v) is 12.8. The van der Waals surface area contributed by atoms with Gasteiger partial charge in [0, 0.05) is 42.2 Å². The van der Waals surface area contributed by atoms with Crippen LogP contribution in [-0.2, 0) is 0 Å². The molecule has 0 aliphatic carbocycles. The molecule has 4 nitrogen and oxygen atoms in total. The monoisotopic (exact) mass is 338 g/mol. The Labute approximate surface area is 125 Å². The number of hydrogen-bond donors (Lipinski definition) is 1. The van der Waals surface area contributed by atoms with Crippen molar-refractivity contribution in [2.45, 2.75) is 0 Å². The second-order valence-electron chi connectivity index (χ2n) is 4.49. The summed E-state index contributed by atoms with van der Waals surface area (Å²) in [6, 6.07) is 6.02. The summed E-state index contributed by atoms with van der Waals surface area (Å²) >= 11 is 5.20. The van der Waals surface area contributed by atoms with Crippen LogP contribution in [0, 0.1) is 0 Å². The number of aromatic nitrogens is 1. The van der Waals surface area contributed by atoms with E-state index in [1.165, 1.54) is 0 Å². The fourth-order valence-electron chi connectivity index (χ4n) is 2.30. The number of nitrogens with two attached hydrogens (primary N) is 1. The van der Waals surface area contributed by atoms with Gasteiger partial charge in [-0.1, -0.05) is 15.9 Å². The van der Waals surface area contributed by atoms with E-state index in [9.17, 15) is 0 Å². The molecule has 1 fully saturated rings. The largest absolute Gasteiger partial charge is 0.397 e. The summed E-state index contributed by atoms with van der Waals surface area (Å²) in [6.45, 7) is 3.92. The van der Waals surface area contributed by atoms with Crippen molar-refractivity contribution in [3.63, 3.8) is 0 Å². The van der Waals surface area contributed by atoms with Crippen LogP contribution in [0.2, 0.25) is 0 Å². The molecule has 0 unspecified atom stereocenters. The molecule has 2 aromatic rings. The third-order valence-electron chi connectivity index (χ3n) is 3.30. The molecule has 0 saturated carbocycles. The third-order valence-corrected chi connectivity index (χ3v) is 4.63. The second-order valence-corrected chi connectivity index (χ2v) is 6.28. The molecule has 100 valence electrons. The minimum absolute atomic E-state index is 0.839. The molecule has 0 radical (unpaired) electrons. The summed E-state index contributed by atoms with van der Waals surface area (Å²) in [7, 11) is 0. The molecule has 1 aromatic carbocycles. The van der Waals surface area contributed by atoms with Crippen LogP contribution in [-0.4, -0.2) is 31.2 Å². The van der Waals surface area contributed by atoms with Crippen LogP contribution in [0.25, 0.3) is 0 Å². The maximum absolute atomic E-state index is 6.06. The molecule has 1 aromatic heterocycles. The summed E-state index contributed by atoms with van der Waals surface area (Å²) in [4.78, 5) is 9.03. The van der Waals surface area contributed by atoms with Crippen molar-refractivity contribution in [2.24, 2.45) is 0 Å². The molecule has 1 aliphatic heterocycles. The van der Waals surface area contributed by atoms with E-state index in [0.29, 0.717) is 0 Å². The molecule has 0 atom stereocenters. The summed E-state index contributed by atoms with van der Waals surface area (Å²) in [5.74, 6) is 0. The van der Waals surface area contributed by atoms with Crippen LogP contribution in [0.3, 0.4) is 0 Å². The number of benzene rings is 1. The number of nitrogens with zero attached hydrogens (tertiary/aromatic N) is 3. The molecule has 0 spiro atoms. The van der Waals surface area contributed by atoms with E-state index in [0.717, 1.165) is 47.2 Å². The standard InChI is InChI=1S/C13H15BrN4S/c14-10-1-2-11(15)12(9-10)17-4-6-18(7-5-17)13-16-3-8-19-13/h1-3,8-9H,4-7,15H2.